The summed E-state index contributed by atoms with van der Waals surface area (Å²) >= 11 is 0. The molecule has 9 nitrogen and oxygen atoms in total. The van der Waals surface area contributed by atoms with Gasteiger partial charge in [0.2, 0.25) is 0 Å². The summed E-state index contributed by atoms with van der Waals surface area (Å²) in [6.07, 6.45) is 4.73. The number of hydrogen-bond acceptors (Lipinski definition) is 9. The molecule has 0 heterocycles. The Morgan fingerprint density at radius 1 is 0.860 bits per heavy atom. The number of benzene rings is 3. The van der Waals surface area contributed by atoms with Crippen LogP contribution < -0.4 is 14.2 Å². The van der Waals surface area contributed by atoms with Gasteiger partial charge < -0.3 is 28.8 Å². The predicted molar refractivity (Wildman–Crippen MR) is 159 cm³/mol. The van der Waals surface area contributed by atoms with Crippen molar-refractivity contribution < 1.29 is 43.2 Å². The lowest BCUT2D eigenvalue weighted by Crippen LogP contribution is -2.11. The van der Waals surface area contributed by atoms with Crippen molar-refractivity contribution in [1.29, 1.82) is 0 Å². The molecule has 1 N–H and O–H groups in total. The van der Waals surface area contributed by atoms with Crippen molar-refractivity contribution in [3.63, 3.8) is 0 Å². The Balaban J connectivity index is 1.54. The normalized spacial score (nSPS) is 12.9. The number of carbonyl (C=O) groups excluding carboxylic acids is 3. The molecule has 0 bridgehead atoms. The summed E-state index contributed by atoms with van der Waals surface area (Å²) in [5.41, 5.74) is 2.18. The quantitative estimate of drug-likeness (QED) is 0.173. The summed E-state index contributed by atoms with van der Waals surface area (Å²) < 4.78 is 27.6. The van der Waals surface area contributed by atoms with E-state index in [-0.39, 0.29) is 61.8 Å². The maximum atomic E-state index is 13.4. The minimum absolute atomic E-state index is 0.0996. The summed E-state index contributed by atoms with van der Waals surface area (Å²) in [5.74, 6) is 0.0191. The Hall–Kier alpha value is -4.53. The van der Waals surface area contributed by atoms with Crippen LogP contribution in [-0.2, 0) is 27.3 Å². The topological polar surface area (TPSA) is 118 Å². The molecule has 0 atom stereocenters. The van der Waals surface area contributed by atoms with Crippen molar-refractivity contribution in [1.82, 2.24) is 0 Å². The van der Waals surface area contributed by atoms with E-state index in [0.29, 0.717) is 33.9 Å². The van der Waals surface area contributed by atoms with Crippen LogP contribution in [0.4, 0.5) is 0 Å². The van der Waals surface area contributed by atoms with E-state index in [1.54, 1.807) is 62.4 Å². The fourth-order valence-corrected chi connectivity index (χ4v) is 5.02. The number of phenolic OH excluding ortho intramolecular Hbond substituents is 1. The average molecular weight is 591 g/mol. The number of ether oxygens (including phenoxy) is 5. The van der Waals surface area contributed by atoms with Gasteiger partial charge in [-0.25, -0.2) is 4.79 Å². The molecule has 1 fully saturated rings. The van der Waals surface area contributed by atoms with Crippen LogP contribution in [0.5, 0.6) is 23.0 Å². The van der Waals surface area contributed by atoms with Gasteiger partial charge in [-0.05, 0) is 99.5 Å². The molecule has 9 heteroatoms. The van der Waals surface area contributed by atoms with Gasteiger partial charge in [-0.2, -0.15) is 0 Å². The van der Waals surface area contributed by atoms with Crippen molar-refractivity contribution in [2.24, 2.45) is 0 Å². The first-order valence-electron chi connectivity index (χ1n) is 14.6. The monoisotopic (exact) mass is 590 g/mol. The summed E-state index contributed by atoms with van der Waals surface area (Å²) in [6.45, 7) is 4.13. The zero-order valence-electron chi connectivity index (χ0n) is 24.9. The van der Waals surface area contributed by atoms with E-state index < -0.39 is 5.97 Å². The van der Waals surface area contributed by atoms with Crippen LogP contribution in [0, 0.1) is 0 Å². The Bertz CT molecular complexity index is 1440. The minimum atomic E-state index is -0.477. The maximum Gasteiger partial charge on any atom is 0.341 e. The van der Waals surface area contributed by atoms with E-state index in [1.165, 1.54) is 13.2 Å². The molecular formula is C34H38O9. The van der Waals surface area contributed by atoms with E-state index in [4.69, 9.17) is 23.7 Å². The van der Waals surface area contributed by atoms with Gasteiger partial charge in [0.15, 0.2) is 5.78 Å². The Kier molecular flexibility index (Phi) is 11.0. The summed E-state index contributed by atoms with van der Waals surface area (Å²) in [5, 5.41) is 10.7. The lowest BCUT2D eigenvalue weighted by Gasteiger charge is -2.15. The van der Waals surface area contributed by atoms with Gasteiger partial charge in [0, 0.05) is 18.1 Å². The molecule has 1 aliphatic rings. The second-order valence-corrected chi connectivity index (χ2v) is 10.2. The highest BCUT2D eigenvalue weighted by atomic mass is 16.5. The molecule has 3 aromatic carbocycles. The van der Waals surface area contributed by atoms with Crippen molar-refractivity contribution in [3.05, 3.63) is 82.4 Å². The largest absolute Gasteiger partial charge is 0.507 e. The molecule has 0 amide bonds. The number of aryl methyl sites for hydroxylation is 1. The van der Waals surface area contributed by atoms with Gasteiger partial charge >= 0.3 is 11.9 Å². The molecule has 3 aromatic rings. The fourth-order valence-electron chi connectivity index (χ4n) is 5.02. The number of rotatable bonds is 14. The van der Waals surface area contributed by atoms with Crippen molar-refractivity contribution in [2.75, 3.05) is 20.3 Å². The molecule has 0 saturated heterocycles. The number of hydrogen-bond donors (Lipinski definition) is 1. The third-order valence-electron chi connectivity index (χ3n) is 7.20. The van der Waals surface area contributed by atoms with Crippen LogP contribution in [-0.4, -0.2) is 49.3 Å². The first-order valence-corrected chi connectivity index (χ1v) is 14.6. The van der Waals surface area contributed by atoms with E-state index in [1.807, 2.05) is 0 Å². The molecule has 228 valence electrons. The highest BCUT2D eigenvalue weighted by Gasteiger charge is 2.20. The SMILES string of the molecule is CCOC(=O)CCc1cc(C(=O)c2ccc(OC3CCCC3)cc2O)ccc1OCc1ccc(C(=O)OCC)c(OC)c1. The zero-order valence-corrected chi connectivity index (χ0v) is 24.9. The lowest BCUT2D eigenvalue weighted by molar-refractivity contribution is -0.143. The number of methoxy groups -OCH3 is 1. The van der Waals surface area contributed by atoms with E-state index >= 15 is 0 Å². The van der Waals surface area contributed by atoms with Gasteiger partial charge in [-0.1, -0.05) is 6.07 Å². The highest BCUT2D eigenvalue weighted by molar-refractivity contribution is 6.11. The molecule has 0 unspecified atom stereocenters. The molecule has 0 spiro atoms. The highest BCUT2D eigenvalue weighted by Crippen LogP contribution is 2.31. The summed E-state index contributed by atoms with van der Waals surface area (Å²) in [4.78, 5) is 37.8. The fraction of sp³-hybridized carbons (Fsp3) is 0.382. The molecule has 0 aliphatic heterocycles. The summed E-state index contributed by atoms with van der Waals surface area (Å²) in [7, 11) is 1.47. The Labute approximate surface area is 251 Å². The standard InChI is InChI=1S/C34H38O9/c1-4-40-32(36)17-12-23-19-24(33(37)27-15-13-26(20-29(27)35)43-25-8-6-7-9-25)11-16-30(23)42-21-22-10-14-28(31(18-22)39-3)34(38)41-5-2/h10-11,13-16,18-20,25,35H,4-9,12,17,21H2,1-3H3. The van der Waals surface area contributed by atoms with Crippen LogP contribution >= 0.6 is 0 Å². The molecule has 4 rings (SSSR count). The molecule has 43 heavy (non-hydrogen) atoms. The smallest absolute Gasteiger partial charge is 0.341 e. The van der Waals surface area contributed by atoms with Gasteiger partial charge in [0.1, 0.15) is 35.2 Å². The van der Waals surface area contributed by atoms with E-state index in [2.05, 4.69) is 0 Å². The zero-order chi connectivity index (χ0) is 30.8. The van der Waals surface area contributed by atoms with Crippen LogP contribution in [0.3, 0.4) is 0 Å². The third-order valence-corrected chi connectivity index (χ3v) is 7.20. The number of phenols is 1. The molecule has 0 radical (unpaired) electrons. The van der Waals surface area contributed by atoms with Crippen molar-refractivity contribution >= 4 is 17.7 Å². The van der Waals surface area contributed by atoms with Gasteiger partial charge in [-0.3, -0.25) is 9.59 Å². The number of ketones is 1. The maximum absolute atomic E-state index is 13.4. The number of esters is 2. The number of aromatic hydroxyl groups is 1. The van der Waals surface area contributed by atoms with E-state index in [0.717, 1.165) is 31.2 Å². The van der Waals surface area contributed by atoms with Crippen molar-refractivity contribution in [2.45, 2.75) is 65.1 Å². The molecule has 1 aliphatic carbocycles. The van der Waals surface area contributed by atoms with Crippen LogP contribution in [0.1, 0.15) is 83.4 Å². The second kappa shape index (κ2) is 15.1. The summed E-state index contributed by atoms with van der Waals surface area (Å²) in [6, 6.07) is 14.8. The predicted octanol–water partition coefficient (Wildman–Crippen LogP) is 6.20. The van der Waals surface area contributed by atoms with Gasteiger partial charge in [0.25, 0.3) is 0 Å². The Morgan fingerprint density at radius 3 is 2.30 bits per heavy atom. The Morgan fingerprint density at radius 2 is 1.60 bits per heavy atom. The van der Waals surface area contributed by atoms with Gasteiger partial charge in [0.05, 0.1) is 32.0 Å². The third kappa shape index (κ3) is 8.28. The first kappa shape index (κ1) is 31.4. The number of carbonyl (C=O) groups is 3. The van der Waals surface area contributed by atoms with E-state index in [9.17, 15) is 19.5 Å². The average Bonchev–Trinajstić information content (AvgIpc) is 3.52. The minimum Gasteiger partial charge on any atom is -0.507 e. The van der Waals surface area contributed by atoms with Crippen molar-refractivity contribution in [3.8, 4) is 23.0 Å². The second-order valence-electron chi connectivity index (χ2n) is 10.2. The van der Waals surface area contributed by atoms with Crippen LogP contribution in [0.25, 0.3) is 0 Å². The van der Waals surface area contributed by atoms with Crippen LogP contribution in [0.2, 0.25) is 0 Å². The molecule has 0 aromatic heterocycles. The van der Waals surface area contributed by atoms with Crippen LogP contribution in [0.15, 0.2) is 54.6 Å². The molecular weight excluding hydrogens is 552 g/mol. The lowest BCUT2D eigenvalue weighted by atomic mass is 9.98. The molecule has 1 saturated carbocycles. The van der Waals surface area contributed by atoms with Gasteiger partial charge in [-0.15, -0.1) is 0 Å². The first-order chi connectivity index (χ1) is 20.8.